The molecule has 172 valence electrons. The Labute approximate surface area is 204 Å². The number of carbonyl (C=O) groups excluding carboxylic acids is 1. The van der Waals surface area contributed by atoms with Gasteiger partial charge in [-0.05, 0) is 63.2 Å². The van der Waals surface area contributed by atoms with Gasteiger partial charge in [0.05, 0.1) is 5.56 Å². The van der Waals surface area contributed by atoms with E-state index in [2.05, 4.69) is 68.4 Å². The van der Waals surface area contributed by atoms with Crippen molar-refractivity contribution in [1.82, 2.24) is 0 Å². The predicted octanol–water partition coefficient (Wildman–Crippen LogP) is 8.31. The van der Waals surface area contributed by atoms with Gasteiger partial charge in [-0.1, -0.05) is 80.6 Å². The van der Waals surface area contributed by atoms with E-state index in [1.165, 1.54) is 0 Å². The Hall–Kier alpha value is -4.11. The number of aldehydes is 1. The summed E-state index contributed by atoms with van der Waals surface area (Å²) in [7, 11) is 0. The molecular weight excluding hydrogens is 432 g/mol. The highest BCUT2D eigenvalue weighted by molar-refractivity contribution is 5.95. The second-order valence-electron chi connectivity index (χ2n) is 9.41. The van der Waals surface area contributed by atoms with Crippen molar-refractivity contribution in [3.63, 3.8) is 0 Å². The Balaban J connectivity index is 1.75. The van der Waals surface area contributed by atoms with Gasteiger partial charge < -0.3 is 9.84 Å². The lowest BCUT2D eigenvalue weighted by Gasteiger charge is -2.32. The molecule has 1 unspecified atom stereocenters. The first-order chi connectivity index (χ1) is 17.1. The number of benzene rings is 5. The maximum atomic E-state index is 12.1. The number of hydrogen-bond acceptors (Lipinski definition) is 3. The van der Waals surface area contributed by atoms with Crippen molar-refractivity contribution in [2.75, 3.05) is 0 Å². The minimum absolute atomic E-state index is 0.0847. The summed E-state index contributed by atoms with van der Waals surface area (Å²) in [4.78, 5) is 12.1. The molecule has 5 aromatic rings. The first kappa shape index (κ1) is 21.4. The Morgan fingerprint density at radius 1 is 0.857 bits per heavy atom. The van der Waals surface area contributed by atoms with Gasteiger partial charge in [-0.25, -0.2) is 0 Å². The van der Waals surface area contributed by atoms with E-state index in [0.29, 0.717) is 5.56 Å². The number of phenolic OH excluding ortho intramolecular Hbond substituents is 1. The molecule has 0 bridgehead atoms. The first-order valence-corrected chi connectivity index (χ1v) is 12.1. The van der Waals surface area contributed by atoms with Crippen LogP contribution in [0.1, 0.15) is 64.7 Å². The van der Waals surface area contributed by atoms with Gasteiger partial charge in [0.15, 0.2) is 6.29 Å². The Morgan fingerprint density at radius 2 is 1.43 bits per heavy atom. The van der Waals surface area contributed by atoms with Crippen LogP contribution in [0.3, 0.4) is 0 Å². The van der Waals surface area contributed by atoms with Crippen LogP contribution in [0.5, 0.6) is 17.2 Å². The number of phenols is 1. The zero-order valence-corrected chi connectivity index (χ0v) is 19.8. The van der Waals surface area contributed by atoms with Crippen LogP contribution in [0.25, 0.3) is 21.5 Å². The number of fused-ring (bicyclic) bond motifs is 6. The summed E-state index contributed by atoms with van der Waals surface area (Å²) in [6.45, 7) is 4.18. The highest BCUT2D eigenvalue weighted by atomic mass is 16.5. The minimum Gasteiger partial charge on any atom is -0.507 e. The summed E-state index contributed by atoms with van der Waals surface area (Å²) in [5.74, 6) is 1.69. The maximum Gasteiger partial charge on any atom is 0.153 e. The van der Waals surface area contributed by atoms with Crippen molar-refractivity contribution in [2.24, 2.45) is 0 Å². The van der Waals surface area contributed by atoms with E-state index in [0.717, 1.165) is 68.0 Å². The summed E-state index contributed by atoms with van der Waals surface area (Å²) < 4.78 is 6.51. The van der Waals surface area contributed by atoms with Gasteiger partial charge in [0, 0.05) is 17.0 Å². The number of rotatable bonds is 4. The zero-order valence-electron chi connectivity index (χ0n) is 19.8. The van der Waals surface area contributed by atoms with E-state index in [4.69, 9.17) is 4.74 Å². The molecule has 0 aromatic heterocycles. The zero-order chi connectivity index (χ0) is 24.1. The van der Waals surface area contributed by atoms with Crippen LogP contribution in [0, 0.1) is 0 Å². The van der Waals surface area contributed by atoms with Crippen LogP contribution >= 0.6 is 0 Å². The molecule has 35 heavy (non-hydrogen) atoms. The van der Waals surface area contributed by atoms with Crippen molar-refractivity contribution in [1.29, 1.82) is 0 Å². The molecule has 0 saturated heterocycles. The molecule has 0 saturated carbocycles. The second kappa shape index (κ2) is 8.28. The summed E-state index contributed by atoms with van der Waals surface area (Å²) in [5, 5.41) is 15.4. The van der Waals surface area contributed by atoms with Gasteiger partial charge in [0.25, 0.3) is 0 Å². The molecule has 1 heterocycles. The van der Waals surface area contributed by atoms with Crippen LogP contribution in [-0.2, 0) is 0 Å². The smallest absolute Gasteiger partial charge is 0.153 e. The quantitative estimate of drug-likeness (QED) is 0.270. The van der Waals surface area contributed by atoms with E-state index in [-0.39, 0.29) is 17.6 Å². The molecule has 1 atom stereocenters. The van der Waals surface area contributed by atoms with Gasteiger partial charge in [0.1, 0.15) is 17.2 Å². The highest BCUT2D eigenvalue weighted by Gasteiger charge is 2.33. The average molecular weight is 459 g/mol. The average Bonchev–Trinajstić information content (AvgIpc) is 2.91. The largest absolute Gasteiger partial charge is 0.507 e. The topological polar surface area (TPSA) is 46.5 Å². The fourth-order valence-electron chi connectivity index (χ4n) is 5.48. The van der Waals surface area contributed by atoms with E-state index in [1.807, 2.05) is 30.3 Å². The maximum absolute atomic E-state index is 12.1. The van der Waals surface area contributed by atoms with Crippen molar-refractivity contribution >= 4 is 27.8 Å². The third-order valence-electron chi connectivity index (χ3n) is 7.45. The Kier molecular flexibility index (Phi) is 5.07. The minimum atomic E-state index is -0.159. The van der Waals surface area contributed by atoms with Gasteiger partial charge in [-0.2, -0.15) is 0 Å². The molecule has 0 radical (unpaired) electrons. The number of hydrogen-bond donors (Lipinski definition) is 1. The normalized spacial score (nSPS) is 13.8. The molecule has 1 N–H and O–H groups in total. The standard InChI is InChI=1S/C32H26O3/c1-3-19(2)26-17-22(16-23(18-33)32(26)34)29-30-24-10-6-4-8-20(24)12-14-27(30)35-28-15-13-21-9-5-7-11-25(21)31(28)29/h4-19,29,34H,3H2,1-2H3. The van der Waals surface area contributed by atoms with Crippen molar-refractivity contribution < 1.29 is 14.6 Å². The van der Waals surface area contributed by atoms with Gasteiger partial charge in [0.2, 0.25) is 0 Å². The van der Waals surface area contributed by atoms with Crippen molar-refractivity contribution in [2.45, 2.75) is 32.1 Å². The molecule has 5 aromatic carbocycles. The van der Waals surface area contributed by atoms with E-state index < -0.39 is 0 Å². The van der Waals surface area contributed by atoms with Crippen LogP contribution in [-0.4, -0.2) is 11.4 Å². The summed E-state index contributed by atoms with van der Waals surface area (Å²) in [5.41, 5.74) is 4.29. The molecule has 3 heteroatoms. The Bertz CT molecular complexity index is 1530. The lowest BCUT2D eigenvalue weighted by atomic mass is 9.77. The fourth-order valence-corrected chi connectivity index (χ4v) is 5.48. The number of ether oxygens (including phenoxy) is 1. The fraction of sp³-hybridized carbons (Fsp3) is 0.156. The SMILES string of the molecule is CCC(C)c1cc(C2c3c(ccc4ccccc34)Oc3ccc4ccccc4c32)cc(C=O)c1O. The van der Waals surface area contributed by atoms with Crippen LogP contribution < -0.4 is 4.74 Å². The predicted molar refractivity (Wildman–Crippen MR) is 141 cm³/mol. The molecule has 0 aliphatic carbocycles. The molecule has 3 nitrogen and oxygen atoms in total. The van der Waals surface area contributed by atoms with E-state index in [1.54, 1.807) is 0 Å². The molecule has 0 spiro atoms. The second-order valence-corrected chi connectivity index (χ2v) is 9.41. The van der Waals surface area contributed by atoms with Gasteiger partial charge >= 0.3 is 0 Å². The van der Waals surface area contributed by atoms with Crippen molar-refractivity contribution in [3.05, 3.63) is 113 Å². The number of aromatic hydroxyl groups is 1. The molecule has 0 amide bonds. The summed E-state index contributed by atoms with van der Waals surface area (Å²) in [6.07, 6.45) is 1.63. The first-order valence-electron chi connectivity index (χ1n) is 12.1. The van der Waals surface area contributed by atoms with Crippen molar-refractivity contribution in [3.8, 4) is 17.2 Å². The molecule has 1 aliphatic rings. The van der Waals surface area contributed by atoms with E-state index >= 15 is 0 Å². The molecular formula is C32H26O3. The lowest BCUT2D eigenvalue weighted by molar-refractivity contribution is 0.112. The third-order valence-corrected chi connectivity index (χ3v) is 7.45. The number of carbonyl (C=O) groups is 1. The van der Waals surface area contributed by atoms with Crippen LogP contribution in [0.4, 0.5) is 0 Å². The summed E-state index contributed by atoms with van der Waals surface area (Å²) in [6, 6.07) is 28.9. The van der Waals surface area contributed by atoms with Gasteiger partial charge in [-0.3, -0.25) is 4.79 Å². The van der Waals surface area contributed by atoms with E-state index in [9.17, 15) is 9.90 Å². The van der Waals surface area contributed by atoms with Gasteiger partial charge in [-0.15, -0.1) is 0 Å². The molecule has 6 rings (SSSR count). The third kappa shape index (κ3) is 3.30. The van der Waals surface area contributed by atoms with Crippen LogP contribution in [0.2, 0.25) is 0 Å². The summed E-state index contributed by atoms with van der Waals surface area (Å²) >= 11 is 0. The molecule has 0 fully saturated rings. The Morgan fingerprint density at radius 3 is 1.97 bits per heavy atom. The van der Waals surface area contributed by atoms with Crippen LogP contribution in [0.15, 0.2) is 84.9 Å². The monoisotopic (exact) mass is 458 g/mol. The molecule has 1 aliphatic heterocycles. The highest BCUT2D eigenvalue weighted by Crippen LogP contribution is 2.53. The lowest BCUT2D eigenvalue weighted by Crippen LogP contribution is -2.14.